The summed E-state index contributed by atoms with van der Waals surface area (Å²) in [4.78, 5) is 29.2. The molecule has 3 aromatic rings. The minimum absolute atomic E-state index is 0.305. The molecule has 0 radical (unpaired) electrons. The van der Waals surface area contributed by atoms with E-state index in [1.54, 1.807) is 6.07 Å². The van der Waals surface area contributed by atoms with Gasteiger partial charge in [0.1, 0.15) is 0 Å². The van der Waals surface area contributed by atoms with E-state index in [-0.39, 0.29) is 11.8 Å². The highest BCUT2D eigenvalue weighted by molar-refractivity contribution is 6.08. The van der Waals surface area contributed by atoms with Crippen molar-refractivity contribution in [3.05, 3.63) is 88.2 Å². The first-order chi connectivity index (χ1) is 13.3. The number of pyridine rings is 1. The predicted octanol–water partition coefficient (Wildman–Crippen LogP) is 4.82. The fraction of sp³-hybridized carbons (Fsp3) is 0.174. The van der Waals surface area contributed by atoms with Crippen molar-refractivity contribution in [2.45, 2.75) is 27.7 Å². The van der Waals surface area contributed by atoms with Crippen LogP contribution in [0.5, 0.6) is 0 Å². The van der Waals surface area contributed by atoms with E-state index >= 15 is 0 Å². The van der Waals surface area contributed by atoms with Gasteiger partial charge in [-0.25, -0.2) is 0 Å². The fourth-order valence-corrected chi connectivity index (χ4v) is 3.09. The van der Waals surface area contributed by atoms with Crippen LogP contribution in [0.1, 0.15) is 43.0 Å². The molecule has 2 amide bonds. The fourth-order valence-electron chi connectivity index (χ4n) is 3.09. The molecule has 0 saturated carbocycles. The summed E-state index contributed by atoms with van der Waals surface area (Å²) < 4.78 is 0. The van der Waals surface area contributed by atoms with Gasteiger partial charge in [-0.1, -0.05) is 23.8 Å². The SMILES string of the molecule is Cc1cc(C)cc(NC(=O)c2cncc(C(=O)Nc3ccc(C)cc3C)c2)c1. The molecule has 0 atom stereocenters. The van der Waals surface area contributed by atoms with E-state index in [1.807, 2.05) is 64.1 Å². The minimum atomic E-state index is -0.307. The number of aromatic nitrogens is 1. The molecular formula is C23H23N3O2. The summed E-state index contributed by atoms with van der Waals surface area (Å²) in [5.41, 5.74) is 6.34. The average molecular weight is 373 g/mol. The maximum Gasteiger partial charge on any atom is 0.257 e. The zero-order chi connectivity index (χ0) is 20.3. The number of nitrogens with zero attached hydrogens (tertiary/aromatic N) is 1. The second-order valence-corrected chi connectivity index (χ2v) is 7.07. The molecule has 0 spiro atoms. The zero-order valence-electron chi connectivity index (χ0n) is 16.5. The van der Waals surface area contributed by atoms with E-state index in [2.05, 4.69) is 15.6 Å². The van der Waals surface area contributed by atoms with Crippen LogP contribution < -0.4 is 10.6 Å². The van der Waals surface area contributed by atoms with E-state index in [1.165, 1.54) is 12.4 Å². The van der Waals surface area contributed by atoms with Crippen LogP contribution in [0.2, 0.25) is 0 Å². The summed E-state index contributed by atoms with van der Waals surface area (Å²) in [5, 5.41) is 5.73. The molecule has 0 fully saturated rings. The molecule has 3 rings (SSSR count). The van der Waals surface area contributed by atoms with Gasteiger partial charge < -0.3 is 10.6 Å². The molecule has 0 saturated heterocycles. The first-order valence-corrected chi connectivity index (χ1v) is 9.05. The van der Waals surface area contributed by atoms with Gasteiger partial charge in [-0.05, 0) is 68.7 Å². The first-order valence-electron chi connectivity index (χ1n) is 9.05. The Morgan fingerprint density at radius 1 is 0.714 bits per heavy atom. The van der Waals surface area contributed by atoms with Crippen molar-refractivity contribution in [3.63, 3.8) is 0 Å². The van der Waals surface area contributed by atoms with Gasteiger partial charge in [0, 0.05) is 23.8 Å². The van der Waals surface area contributed by atoms with Crippen LogP contribution in [0.15, 0.2) is 54.9 Å². The van der Waals surface area contributed by atoms with Crippen LogP contribution in [-0.4, -0.2) is 16.8 Å². The van der Waals surface area contributed by atoms with E-state index in [4.69, 9.17) is 0 Å². The highest BCUT2D eigenvalue weighted by Crippen LogP contribution is 2.18. The van der Waals surface area contributed by atoms with Gasteiger partial charge in [0.25, 0.3) is 11.8 Å². The van der Waals surface area contributed by atoms with Crippen LogP contribution in [0.25, 0.3) is 0 Å². The summed E-state index contributed by atoms with van der Waals surface area (Å²) in [6, 6.07) is 13.2. The number of rotatable bonds is 4. The normalized spacial score (nSPS) is 10.4. The Balaban J connectivity index is 1.77. The summed E-state index contributed by atoms with van der Waals surface area (Å²) in [6.07, 6.45) is 2.90. The number of carbonyl (C=O) groups is 2. The lowest BCUT2D eigenvalue weighted by atomic mass is 10.1. The van der Waals surface area contributed by atoms with Crippen LogP contribution in [-0.2, 0) is 0 Å². The number of anilines is 2. The zero-order valence-corrected chi connectivity index (χ0v) is 16.5. The molecular weight excluding hydrogens is 350 g/mol. The molecule has 142 valence electrons. The Morgan fingerprint density at radius 2 is 1.32 bits per heavy atom. The molecule has 0 unspecified atom stereocenters. The summed E-state index contributed by atoms with van der Waals surface area (Å²) in [7, 11) is 0. The maximum absolute atomic E-state index is 12.6. The highest BCUT2D eigenvalue weighted by atomic mass is 16.2. The van der Waals surface area contributed by atoms with Crippen molar-refractivity contribution in [1.82, 2.24) is 4.98 Å². The van der Waals surface area contributed by atoms with Crippen LogP contribution in [0, 0.1) is 27.7 Å². The van der Waals surface area contributed by atoms with Gasteiger partial charge in [-0.3, -0.25) is 14.6 Å². The van der Waals surface area contributed by atoms with Crippen molar-refractivity contribution in [1.29, 1.82) is 0 Å². The second-order valence-electron chi connectivity index (χ2n) is 7.07. The topological polar surface area (TPSA) is 71.1 Å². The number of amides is 2. The Bertz CT molecular complexity index is 1040. The number of hydrogen-bond donors (Lipinski definition) is 2. The molecule has 2 aromatic carbocycles. The molecule has 1 heterocycles. The number of carbonyl (C=O) groups excluding carboxylic acids is 2. The molecule has 1 aromatic heterocycles. The number of nitrogens with one attached hydrogen (secondary N) is 2. The number of benzene rings is 2. The highest BCUT2D eigenvalue weighted by Gasteiger charge is 2.13. The maximum atomic E-state index is 12.6. The standard InChI is InChI=1S/C23H23N3O2/c1-14-5-6-21(17(4)8-14)26-23(28)19-11-18(12-24-13-19)22(27)25-20-9-15(2)7-16(3)10-20/h5-13H,1-4H3,(H,25,27)(H,26,28). The van der Waals surface area contributed by atoms with Crippen LogP contribution >= 0.6 is 0 Å². The average Bonchev–Trinajstić information content (AvgIpc) is 2.63. The summed E-state index contributed by atoms with van der Waals surface area (Å²) in [5.74, 6) is -0.612. The molecule has 28 heavy (non-hydrogen) atoms. The van der Waals surface area contributed by atoms with E-state index in [0.29, 0.717) is 16.8 Å². The van der Waals surface area contributed by atoms with Gasteiger partial charge in [0.05, 0.1) is 11.1 Å². The minimum Gasteiger partial charge on any atom is -0.322 e. The Hall–Kier alpha value is -3.47. The third-order valence-corrected chi connectivity index (χ3v) is 4.37. The first kappa shape index (κ1) is 19.3. The lowest BCUT2D eigenvalue weighted by Gasteiger charge is -2.10. The van der Waals surface area contributed by atoms with Crippen molar-refractivity contribution in [2.24, 2.45) is 0 Å². The van der Waals surface area contributed by atoms with Gasteiger partial charge in [0.2, 0.25) is 0 Å². The van der Waals surface area contributed by atoms with Crippen LogP contribution in [0.3, 0.4) is 0 Å². The lowest BCUT2D eigenvalue weighted by molar-refractivity contribution is 0.102. The molecule has 2 N–H and O–H groups in total. The Kier molecular flexibility index (Phi) is 5.54. The lowest BCUT2D eigenvalue weighted by Crippen LogP contribution is -2.16. The van der Waals surface area contributed by atoms with Crippen molar-refractivity contribution >= 4 is 23.2 Å². The molecule has 5 heteroatoms. The Morgan fingerprint density at radius 3 is 1.93 bits per heavy atom. The summed E-state index contributed by atoms with van der Waals surface area (Å²) in [6.45, 7) is 7.89. The van der Waals surface area contributed by atoms with Gasteiger partial charge in [-0.15, -0.1) is 0 Å². The smallest absolute Gasteiger partial charge is 0.257 e. The van der Waals surface area contributed by atoms with Crippen molar-refractivity contribution < 1.29 is 9.59 Å². The van der Waals surface area contributed by atoms with Gasteiger partial charge >= 0.3 is 0 Å². The molecule has 0 bridgehead atoms. The third kappa shape index (κ3) is 4.62. The number of hydrogen-bond acceptors (Lipinski definition) is 3. The van der Waals surface area contributed by atoms with E-state index in [0.717, 1.165) is 27.9 Å². The van der Waals surface area contributed by atoms with Crippen LogP contribution in [0.4, 0.5) is 11.4 Å². The van der Waals surface area contributed by atoms with E-state index < -0.39 is 0 Å². The molecule has 0 aliphatic carbocycles. The predicted molar refractivity (Wildman–Crippen MR) is 112 cm³/mol. The number of aryl methyl sites for hydroxylation is 4. The quantitative estimate of drug-likeness (QED) is 0.689. The monoisotopic (exact) mass is 373 g/mol. The Labute approximate surface area is 164 Å². The third-order valence-electron chi connectivity index (χ3n) is 4.37. The summed E-state index contributed by atoms with van der Waals surface area (Å²) >= 11 is 0. The van der Waals surface area contributed by atoms with E-state index in [9.17, 15) is 9.59 Å². The molecule has 5 nitrogen and oxygen atoms in total. The van der Waals surface area contributed by atoms with Crippen molar-refractivity contribution in [2.75, 3.05) is 10.6 Å². The molecule has 0 aliphatic heterocycles. The molecule has 0 aliphatic rings. The second kappa shape index (κ2) is 8.05. The van der Waals surface area contributed by atoms with Gasteiger partial charge in [-0.2, -0.15) is 0 Å². The largest absolute Gasteiger partial charge is 0.322 e. The van der Waals surface area contributed by atoms with Gasteiger partial charge in [0.15, 0.2) is 0 Å². The van der Waals surface area contributed by atoms with Crippen molar-refractivity contribution in [3.8, 4) is 0 Å².